The molecule has 2 aromatic rings. The molecule has 0 radical (unpaired) electrons. The van der Waals surface area contributed by atoms with E-state index in [0.717, 1.165) is 13.1 Å². The van der Waals surface area contributed by atoms with Gasteiger partial charge in [-0.3, -0.25) is 0 Å². The van der Waals surface area contributed by atoms with Crippen LogP contribution in [0, 0.1) is 12.3 Å². The summed E-state index contributed by atoms with van der Waals surface area (Å²) in [5, 5.41) is 9.75. The molecule has 3 rings (SSSR count). The summed E-state index contributed by atoms with van der Waals surface area (Å²) < 4.78 is 5.35. The maximum atomic E-state index is 9.75. The predicted octanol–water partition coefficient (Wildman–Crippen LogP) is 3.01. The van der Waals surface area contributed by atoms with Crippen LogP contribution in [0.4, 0.5) is 5.69 Å². The summed E-state index contributed by atoms with van der Waals surface area (Å²) in [5.41, 5.74) is 3.60. The summed E-state index contributed by atoms with van der Waals surface area (Å²) in [6, 6.07) is 19.0. The molecule has 0 unspecified atom stereocenters. The van der Waals surface area contributed by atoms with Gasteiger partial charge in [-0.1, -0.05) is 42.5 Å². The lowest BCUT2D eigenvalue weighted by Gasteiger charge is -2.44. The SMILES string of the molecule is Cc1cccc(N(Cc2ccccc2)CC2(CO)COC2)c1. The van der Waals surface area contributed by atoms with E-state index in [1.807, 2.05) is 6.07 Å². The van der Waals surface area contributed by atoms with Gasteiger partial charge < -0.3 is 14.7 Å². The first-order valence-electron chi connectivity index (χ1n) is 7.75. The van der Waals surface area contributed by atoms with Crippen LogP contribution in [-0.2, 0) is 11.3 Å². The van der Waals surface area contributed by atoms with Gasteiger partial charge in [0.2, 0.25) is 0 Å². The summed E-state index contributed by atoms with van der Waals surface area (Å²) in [4.78, 5) is 2.35. The van der Waals surface area contributed by atoms with Gasteiger partial charge in [-0.25, -0.2) is 0 Å². The van der Waals surface area contributed by atoms with E-state index in [1.165, 1.54) is 16.8 Å². The smallest absolute Gasteiger partial charge is 0.0584 e. The van der Waals surface area contributed by atoms with E-state index in [4.69, 9.17) is 4.74 Å². The predicted molar refractivity (Wildman–Crippen MR) is 89.0 cm³/mol. The minimum atomic E-state index is -0.126. The second-order valence-corrected chi connectivity index (χ2v) is 6.33. The zero-order chi connectivity index (χ0) is 15.4. The van der Waals surface area contributed by atoms with Crippen LogP contribution >= 0.6 is 0 Å². The van der Waals surface area contributed by atoms with Gasteiger partial charge in [0.1, 0.15) is 0 Å². The van der Waals surface area contributed by atoms with E-state index in [2.05, 4.69) is 60.4 Å². The Labute approximate surface area is 132 Å². The minimum absolute atomic E-state index is 0.126. The molecule has 0 aromatic heterocycles. The maximum Gasteiger partial charge on any atom is 0.0584 e. The average Bonchev–Trinajstić information content (AvgIpc) is 2.51. The third-order valence-electron chi connectivity index (χ3n) is 4.26. The molecular weight excluding hydrogens is 274 g/mol. The number of benzene rings is 2. The van der Waals surface area contributed by atoms with Crippen molar-refractivity contribution in [3.8, 4) is 0 Å². The Hall–Kier alpha value is -1.84. The Bertz CT molecular complexity index is 602. The number of aliphatic hydroxyl groups excluding tert-OH is 1. The number of rotatable bonds is 6. The molecule has 22 heavy (non-hydrogen) atoms. The van der Waals surface area contributed by atoms with Crippen LogP contribution in [0.15, 0.2) is 54.6 Å². The van der Waals surface area contributed by atoms with Gasteiger partial charge in [-0.05, 0) is 30.2 Å². The lowest BCUT2D eigenvalue weighted by Crippen LogP contribution is -2.53. The first-order valence-corrected chi connectivity index (χ1v) is 7.75. The van der Waals surface area contributed by atoms with Gasteiger partial charge in [0.05, 0.1) is 25.2 Å². The average molecular weight is 297 g/mol. The van der Waals surface area contributed by atoms with Crippen LogP contribution in [0.2, 0.25) is 0 Å². The van der Waals surface area contributed by atoms with Gasteiger partial charge in [-0.2, -0.15) is 0 Å². The van der Waals surface area contributed by atoms with Gasteiger partial charge >= 0.3 is 0 Å². The Balaban J connectivity index is 1.84. The van der Waals surface area contributed by atoms with Crippen molar-refractivity contribution in [3.63, 3.8) is 0 Å². The number of ether oxygens (including phenoxy) is 1. The zero-order valence-electron chi connectivity index (χ0n) is 13.0. The Morgan fingerprint density at radius 3 is 2.45 bits per heavy atom. The molecule has 1 aliphatic heterocycles. The molecule has 1 heterocycles. The molecule has 0 atom stereocenters. The summed E-state index contributed by atoms with van der Waals surface area (Å²) in [6.45, 7) is 5.21. The van der Waals surface area contributed by atoms with Crippen LogP contribution < -0.4 is 4.90 Å². The normalized spacial score (nSPS) is 16.1. The van der Waals surface area contributed by atoms with E-state index >= 15 is 0 Å². The molecule has 1 N–H and O–H groups in total. The number of nitrogens with zero attached hydrogens (tertiary/aromatic N) is 1. The third kappa shape index (κ3) is 3.32. The topological polar surface area (TPSA) is 32.7 Å². The maximum absolute atomic E-state index is 9.75. The van der Waals surface area contributed by atoms with Crippen molar-refractivity contribution in [1.29, 1.82) is 0 Å². The van der Waals surface area contributed by atoms with Gasteiger partial charge in [-0.15, -0.1) is 0 Å². The standard InChI is InChI=1S/C19H23NO2/c1-16-6-5-9-18(10-16)20(11-17-7-3-2-4-8-17)12-19(13-21)14-22-15-19/h2-10,21H,11-15H2,1H3. The highest BCUT2D eigenvalue weighted by Crippen LogP contribution is 2.31. The highest BCUT2D eigenvalue weighted by atomic mass is 16.5. The third-order valence-corrected chi connectivity index (χ3v) is 4.26. The van der Waals surface area contributed by atoms with E-state index in [1.54, 1.807) is 0 Å². The number of anilines is 1. The summed E-state index contributed by atoms with van der Waals surface area (Å²) in [5.74, 6) is 0. The van der Waals surface area contributed by atoms with Crippen molar-refractivity contribution in [2.24, 2.45) is 5.41 Å². The number of hydrogen-bond acceptors (Lipinski definition) is 3. The van der Waals surface area contributed by atoms with E-state index in [-0.39, 0.29) is 12.0 Å². The molecule has 3 nitrogen and oxygen atoms in total. The molecule has 2 aromatic carbocycles. The fourth-order valence-corrected chi connectivity index (χ4v) is 2.90. The van der Waals surface area contributed by atoms with Crippen LogP contribution in [0.25, 0.3) is 0 Å². The van der Waals surface area contributed by atoms with Gasteiger partial charge in [0.25, 0.3) is 0 Å². The first kappa shape index (κ1) is 15.1. The molecule has 0 bridgehead atoms. The van der Waals surface area contributed by atoms with Crippen LogP contribution in [-0.4, -0.2) is 31.5 Å². The monoisotopic (exact) mass is 297 g/mol. The lowest BCUT2D eigenvalue weighted by atomic mass is 9.86. The van der Waals surface area contributed by atoms with E-state index < -0.39 is 0 Å². The fraction of sp³-hybridized carbons (Fsp3) is 0.368. The second kappa shape index (κ2) is 6.51. The number of aryl methyl sites for hydroxylation is 1. The van der Waals surface area contributed by atoms with Crippen LogP contribution in [0.3, 0.4) is 0 Å². The van der Waals surface area contributed by atoms with Gasteiger partial charge in [0.15, 0.2) is 0 Å². The van der Waals surface area contributed by atoms with Crippen molar-refractivity contribution in [1.82, 2.24) is 0 Å². The highest BCUT2D eigenvalue weighted by Gasteiger charge is 2.39. The molecule has 0 amide bonds. The molecule has 0 saturated carbocycles. The molecular formula is C19H23NO2. The van der Waals surface area contributed by atoms with Crippen molar-refractivity contribution in [2.45, 2.75) is 13.5 Å². The molecule has 1 fully saturated rings. The molecule has 116 valence electrons. The molecule has 0 spiro atoms. The quantitative estimate of drug-likeness (QED) is 0.889. The summed E-state index contributed by atoms with van der Waals surface area (Å²) in [7, 11) is 0. The Kier molecular flexibility index (Phi) is 4.46. The number of aliphatic hydroxyl groups is 1. The Morgan fingerprint density at radius 2 is 1.86 bits per heavy atom. The van der Waals surface area contributed by atoms with Gasteiger partial charge in [0, 0.05) is 18.8 Å². The van der Waals surface area contributed by atoms with Crippen LogP contribution in [0.5, 0.6) is 0 Å². The van der Waals surface area contributed by atoms with Crippen LogP contribution in [0.1, 0.15) is 11.1 Å². The van der Waals surface area contributed by atoms with E-state index in [0.29, 0.717) is 13.2 Å². The highest BCUT2D eigenvalue weighted by molar-refractivity contribution is 5.49. The molecule has 1 aliphatic rings. The largest absolute Gasteiger partial charge is 0.396 e. The number of hydrogen-bond donors (Lipinski definition) is 1. The zero-order valence-corrected chi connectivity index (χ0v) is 13.0. The van der Waals surface area contributed by atoms with Crippen molar-refractivity contribution in [2.75, 3.05) is 31.3 Å². The molecule has 3 heteroatoms. The summed E-state index contributed by atoms with van der Waals surface area (Å²) >= 11 is 0. The van der Waals surface area contributed by atoms with Crippen molar-refractivity contribution >= 4 is 5.69 Å². The van der Waals surface area contributed by atoms with E-state index in [9.17, 15) is 5.11 Å². The van der Waals surface area contributed by atoms with Crippen molar-refractivity contribution < 1.29 is 9.84 Å². The minimum Gasteiger partial charge on any atom is -0.396 e. The molecule has 1 saturated heterocycles. The first-order chi connectivity index (χ1) is 10.7. The molecule has 0 aliphatic carbocycles. The Morgan fingerprint density at radius 1 is 1.09 bits per heavy atom. The summed E-state index contributed by atoms with van der Waals surface area (Å²) in [6.07, 6.45) is 0. The lowest BCUT2D eigenvalue weighted by molar-refractivity contribution is -0.131. The van der Waals surface area contributed by atoms with Crippen molar-refractivity contribution in [3.05, 3.63) is 65.7 Å². The fourth-order valence-electron chi connectivity index (χ4n) is 2.90. The second-order valence-electron chi connectivity index (χ2n) is 6.33.